The molecule has 0 amide bonds. The van der Waals surface area contributed by atoms with Gasteiger partial charge >= 0.3 is 0 Å². The van der Waals surface area contributed by atoms with E-state index in [9.17, 15) is 0 Å². The van der Waals surface area contributed by atoms with Gasteiger partial charge in [0, 0.05) is 0 Å². The van der Waals surface area contributed by atoms with Gasteiger partial charge in [-0.15, -0.1) is 0 Å². The molecule has 7 rings (SSSR count). The average Bonchev–Trinajstić information content (AvgIpc) is 2.63. The van der Waals surface area contributed by atoms with E-state index in [0.29, 0.717) is 0 Å². The fourth-order valence-corrected chi connectivity index (χ4v) is 5.51. The van der Waals surface area contributed by atoms with Crippen molar-refractivity contribution in [2.75, 3.05) is 0 Å². The smallest absolute Gasteiger partial charge is 0.00603 e. The molecule has 7 aromatic rings. The number of rotatable bonds is 0. The Morgan fingerprint density at radius 1 is 0.407 bits per heavy atom. The minimum atomic E-state index is 1.39. The molecule has 126 valence electrons. The minimum absolute atomic E-state index is 1.39. The first-order chi connectivity index (χ1) is 13.1. The molecule has 0 saturated carbocycles. The lowest BCUT2D eigenvalue weighted by molar-refractivity contribution is 1.38. The van der Waals surface area contributed by atoms with Crippen molar-refractivity contribution in [3.05, 3.63) is 71.3 Å². The Balaban J connectivity index is 1.66. The quantitative estimate of drug-likeness (QED) is 0.263. The second-order valence-electron chi connectivity index (χ2n) is 8.27. The molecule has 0 atom stereocenters. The van der Waals surface area contributed by atoms with Crippen LogP contribution in [-0.2, 0) is 0 Å². The molecule has 0 saturated heterocycles. The third kappa shape index (κ3) is 1.38. The Bertz CT molecular complexity index is 1670. The van der Waals surface area contributed by atoms with E-state index in [4.69, 9.17) is 0 Å². The highest BCUT2D eigenvalue weighted by Gasteiger charge is 2.22. The van der Waals surface area contributed by atoms with Crippen molar-refractivity contribution in [2.45, 2.75) is 20.8 Å². The van der Waals surface area contributed by atoms with Gasteiger partial charge in [0.25, 0.3) is 0 Å². The number of aryl methyl sites for hydroxylation is 3. The van der Waals surface area contributed by atoms with Crippen LogP contribution in [0.15, 0.2) is 54.6 Å². The molecule has 27 heavy (non-hydrogen) atoms. The Kier molecular flexibility index (Phi) is 2.19. The summed E-state index contributed by atoms with van der Waals surface area (Å²) in [6.07, 6.45) is 0. The molecular weight excluding hydrogens is 324 g/mol. The van der Waals surface area contributed by atoms with Gasteiger partial charge in [0.2, 0.25) is 0 Å². The zero-order valence-corrected chi connectivity index (χ0v) is 15.7. The predicted octanol–water partition coefficient (Wildman–Crippen LogP) is 7.84. The second-order valence-corrected chi connectivity index (χ2v) is 8.27. The van der Waals surface area contributed by atoms with Crippen molar-refractivity contribution < 1.29 is 0 Å². The maximum absolute atomic E-state index is 2.44. The van der Waals surface area contributed by atoms with Crippen LogP contribution in [0.3, 0.4) is 0 Å². The Morgan fingerprint density at radius 2 is 0.926 bits per heavy atom. The molecule has 0 unspecified atom stereocenters. The molecule has 0 radical (unpaired) electrons. The largest absolute Gasteiger partial charge is 0.0616 e. The van der Waals surface area contributed by atoms with E-state index in [-0.39, 0.29) is 0 Å². The van der Waals surface area contributed by atoms with Gasteiger partial charge in [-0.05, 0) is 120 Å². The van der Waals surface area contributed by atoms with Gasteiger partial charge in [0.1, 0.15) is 0 Å². The normalized spacial score (nSPS) is 13.0. The lowest BCUT2D eigenvalue weighted by Crippen LogP contribution is -1.97. The maximum atomic E-state index is 2.44. The fourth-order valence-electron chi connectivity index (χ4n) is 5.51. The summed E-state index contributed by atoms with van der Waals surface area (Å²) in [5.74, 6) is 0. The van der Waals surface area contributed by atoms with Crippen LogP contribution in [0.5, 0.6) is 0 Å². The van der Waals surface area contributed by atoms with Crippen LogP contribution in [0.25, 0.3) is 64.6 Å². The SMILES string of the molecule is Cc1ccc2c3cc4c5cc6c7ccccc7c6cc5c4c(C)c3c2c1C. The summed E-state index contributed by atoms with van der Waals surface area (Å²) in [4.78, 5) is 0. The van der Waals surface area contributed by atoms with Crippen LogP contribution < -0.4 is 0 Å². The molecule has 0 spiro atoms. The van der Waals surface area contributed by atoms with Crippen molar-refractivity contribution in [3.63, 3.8) is 0 Å². The molecule has 0 heterocycles. The average molecular weight is 342 g/mol. The molecule has 0 heteroatoms. The molecule has 0 aliphatic heterocycles. The molecule has 0 nitrogen and oxygen atoms in total. The highest BCUT2D eigenvalue weighted by Crippen LogP contribution is 2.50. The first-order valence-corrected chi connectivity index (χ1v) is 9.72. The first kappa shape index (κ1) is 14.0. The number of hydrogen-bond donors (Lipinski definition) is 0. The summed E-state index contributed by atoms with van der Waals surface area (Å²) in [7, 11) is 0. The fraction of sp³-hybridized carbons (Fsp3) is 0.111. The highest BCUT2D eigenvalue weighted by atomic mass is 14.3. The summed E-state index contributed by atoms with van der Waals surface area (Å²) in [6.45, 7) is 6.80. The predicted molar refractivity (Wildman–Crippen MR) is 119 cm³/mol. The molecule has 0 bridgehead atoms. The van der Waals surface area contributed by atoms with Crippen molar-refractivity contribution in [1.82, 2.24) is 0 Å². The summed E-state index contributed by atoms with van der Waals surface area (Å²) in [5, 5.41) is 17.3. The number of benzene rings is 4. The number of fused-ring (bicyclic) bond motifs is 12. The van der Waals surface area contributed by atoms with Crippen molar-refractivity contribution in [1.29, 1.82) is 0 Å². The van der Waals surface area contributed by atoms with Crippen LogP contribution in [-0.4, -0.2) is 0 Å². The lowest BCUT2D eigenvalue weighted by Gasteiger charge is -2.24. The molecule has 0 aromatic heterocycles. The van der Waals surface area contributed by atoms with E-state index >= 15 is 0 Å². The lowest BCUT2D eigenvalue weighted by atomic mass is 9.79. The Hall–Kier alpha value is -3.12. The third-order valence-corrected chi connectivity index (χ3v) is 7.08. The van der Waals surface area contributed by atoms with Gasteiger partial charge in [0.15, 0.2) is 0 Å². The molecular formula is C27H18. The van der Waals surface area contributed by atoms with Crippen LogP contribution in [0.4, 0.5) is 0 Å². The highest BCUT2D eigenvalue weighted by molar-refractivity contribution is 6.40. The number of hydrogen-bond acceptors (Lipinski definition) is 0. The van der Waals surface area contributed by atoms with E-state index in [1.54, 1.807) is 0 Å². The van der Waals surface area contributed by atoms with Crippen LogP contribution in [0.1, 0.15) is 16.7 Å². The topological polar surface area (TPSA) is 0 Å². The van der Waals surface area contributed by atoms with E-state index in [1.807, 2.05) is 0 Å². The van der Waals surface area contributed by atoms with E-state index in [1.165, 1.54) is 81.3 Å². The summed E-state index contributed by atoms with van der Waals surface area (Å²) < 4.78 is 0. The monoisotopic (exact) mass is 342 g/mol. The molecule has 0 fully saturated rings. The van der Waals surface area contributed by atoms with Crippen molar-refractivity contribution >= 4 is 64.6 Å². The van der Waals surface area contributed by atoms with Gasteiger partial charge in [0.05, 0.1) is 0 Å². The van der Waals surface area contributed by atoms with Gasteiger partial charge in [-0.2, -0.15) is 0 Å². The van der Waals surface area contributed by atoms with Crippen LogP contribution in [0, 0.1) is 20.8 Å². The summed E-state index contributed by atoms with van der Waals surface area (Å²) in [6, 6.07) is 20.6. The second kappa shape index (κ2) is 4.23. The van der Waals surface area contributed by atoms with Crippen molar-refractivity contribution in [2.24, 2.45) is 0 Å². The van der Waals surface area contributed by atoms with Crippen molar-refractivity contribution in [3.8, 4) is 0 Å². The third-order valence-electron chi connectivity index (χ3n) is 7.08. The standard InChI is InChI=1S/C27H18/c1-13-8-9-18-22-12-24-21-10-19-16-6-4-5-7-17(16)20(19)11-23(21)25(24)15(3)27(22)26(18)14(13)2/h4-12H,1-3H3. The van der Waals surface area contributed by atoms with Gasteiger partial charge < -0.3 is 0 Å². The Labute approximate surface area is 157 Å². The molecule has 0 aliphatic carbocycles. The zero-order chi connectivity index (χ0) is 18.0. The van der Waals surface area contributed by atoms with E-state index in [0.717, 1.165) is 0 Å². The Morgan fingerprint density at radius 3 is 1.63 bits per heavy atom. The maximum Gasteiger partial charge on any atom is -0.00603 e. The van der Waals surface area contributed by atoms with E-state index in [2.05, 4.69) is 75.4 Å². The molecule has 7 aromatic carbocycles. The van der Waals surface area contributed by atoms with Gasteiger partial charge in [-0.3, -0.25) is 0 Å². The van der Waals surface area contributed by atoms with E-state index < -0.39 is 0 Å². The first-order valence-electron chi connectivity index (χ1n) is 9.72. The van der Waals surface area contributed by atoms with Crippen LogP contribution >= 0.6 is 0 Å². The summed E-state index contributed by atoms with van der Waals surface area (Å²) >= 11 is 0. The summed E-state index contributed by atoms with van der Waals surface area (Å²) in [5.41, 5.74) is 4.29. The van der Waals surface area contributed by atoms with Gasteiger partial charge in [-0.1, -0.05) is 36.4 Å². The minimum Gasteiger partial charge on any atom is -0.0616 e. The molecule has 0 aliphatic rings. The van der Waals surface area contributed by atoms with Crippen LogP contribution in [0.2, 0.25) is 0 Å². The molecule has 0 N–H and O–H groups in total. The zero-order valence-electron chi connectivity index (χ0n) is 15.7. The van der Waals surface area contributed by atoms with Gasteiger partial charge in [-0.25, -0.2) is 0 Å².